The average Bonchev–Trinajstić information content (AvgIpc) is 2.47. The van der Waals surface area contributed by atoms with E-state index in [-0.39, 0.29) is 12.4 Å². The number of oxime groups is 1. The van der Waals surface area contributed by atoms with Gasteiger partial charge in [0.15, 0.2) is 5.84 Å². The summed E-state index contributed by atoms with van der Waals surface area (Å²) < 4.78 is 4.76. The Morgan fingerprint density at radius 1 is 1.85 bits per heavy atom. The number of amides is 1. The summed E-state index contributed by atoms with van der Waals surface area (Å²) in [6.45, 7) is 3.85. The first-order valence-corrected chi connectivity index (χ1v) is 3.89. The molecule has 0 atom stereocenters. The zero-order chi connectivity index (χ0) is 9.84. The van der Waals surface area contributed by atoms with Gasteiger partial charge in [0.05, 0.1) is 13.2 Å². The first-order chi connectivity index (χ1) is 6.19. The van der Waals surface area contributed by atoms with E-state index in [0.717, 1.165) is 0 Å². The summed E-state index contributed by atoms with van der Waals surface area (Å²) in [6, 6.07) is 0. The molecule has 1 aliphatic heterocycles. The van der Waals surface area contributed by atoms with Gasteiger partial charge in [-0.05, 0) is 13.8 Å². The first kappa shape index (κ1) is 9.50. The molecule has 0 aromatic carbocycles. The molecule has 1 aliphatic rings. The molecule has 0 bridgehead atoms. The van der Waals surface area contributed by atoms with Gasteiger partial charge >= 0.3 is 6.09 Å². The van der Waals surface area contributed by atoms with Gasteiger partial charge in [-0.15, -0.1) is 0 Å². The Morgan fingerprint density at radius 3 is 3.00 bits per heavy atom. The standard InChI is InChI=1S/C7H11N3O3/c1-3-13-7(11)10-4-6(9-12)8-5(10)2/h12H,3-4H2,1-2H3. The number of nitrogens with zero attached hydrogens (tertiary/aromatic N) is 3. The largest absolute Gasteiger partial charge is 0.449 e. The van der Waals surface area contributed by atoms with E-state index in [9.17, 15) is 4.79 Å². The Hall–Kier alpha value is -1.59. The molecule has 6 heteroatoms. The van der Waals surface area contributed by atoms with Gasteiger partial charge in [0.2, 0.25) is 0 Å². The summed E-state index contributed by atoms with van der Waals surface area (Å²) in [4.78, 5) is 16.3. The van der Waals surface area contributed by atoms with E-state index in [1.165, 1.54) is 4.90 Å². The van der Waals surface area contributed by atoms with Gasteiger partial charge in [-0.2, -0.15) is 0 Å². The lowest BCUT2D eigenvalue weighted by Crippen LogP contribution is -2.33. The van der Waals surface area contributed by atoms with Gasteiger partial charge in [-0.25, -0.2) is 9.79 Å². The Labute approximate surface area is 75.5 Å². The minimum atomic E-state index is -0.470. The van der Waals surface area contributed by atoms with Gasteiger partial charge in [-0.1, -0.05) is 5.16 Å². The smallest absolute Gasteiger partial charge is 0.415 e. The maximum atomic E-state index is 11.2. The molecule has 0 radical (unpaired) electrons. The van der Waals surface area contributed by atoms with Crippen molar-refractivity contribution in [2.45, 2.75) is 13.8 Å². The normalized spacial score (nSPS) is 19.1. The third-order valence-electron chi connectivity index (χ3n) is 1.58. The van der Waals surface area contributed by atoms with Crippen LogP contribution in [0.25, 0.3) is 0 Å². The van der Waals surface area contributed by atoms with Gasteiger partial charge in [0, 0.05) is 0 Å². The lowest BCUT2D eigenvalue weighted by Gasteiger charge is -2.13. The van der Waals surface area contributed by atoms with E-state index in [1.54, 1.807) is 13.8 Å². The molecule has 0 fully saturated rings. The van der Waals surface area contributed by atoms with Crippen molar-refractivity contribution in [3.8, 4) is 0 Å². The fourth-order valence-electron chi connectivity index (χ4n) is 0.990. The highest BCUT2D eigenvalue weighted by molar-refractivity contribution is 6.09. The Morgan fingerprint density at radius 2 is 2.54 bits per heavy atom. The topological polar surface area (TPSA) is 74.5 Å². The van der Waals surface area contributed by atoms with Crippen LogP contribution in [0.2, 0.25) is 0 Å². The lowest BCUT2D eigenvalue weighted by atomic mass is 10.5. The van der Waals surface area contributed by atoms with Crippen molar-refractivity contribution in [3.63, 3.8) is 0 Å². The van der Waals surface area contributed by atoms with Crippen molar-refractivity contribution in [1.82, 2.24) is 4.90 Å². The van der Waals surface area contributed by atoms with E-state index in [4.69, 9.17) is 9.94 Å². The van der Waals surface area contributed by atoms with Crippen LogP contribution in [-0.2, 0) is 4.74 Å². The van der Waals surface area contributed by atoms with Crippen molar-refractivity contribution in [2.24, 2.45) is 10.1 Å². The zero-order valence-electron chi connectivity index (χ0n) is 7.52. The second kappa shape index (κ2) is 3.88. The summed E-state index contributed by atoms with van der Waals surface area (Å²) in [5.74, 6) is 0.691. The van der Waals surface area contributed by atoms with Crippen LogP contribution in [0.3, 0.4) is 0 Å². The highest BCUT2D eigenvalue weighted by atomic mass is 16.6. The van der Waals surface area contributed by atoms with Crippen molar-refractivity contribution in [1.29, 1.82) is 0 Å². The van der Waals surface area contributed by atoms with Gasteiger partial charge in [-0.3, -0.25) is 4.90 Å². The van der Waals surface area contributed by atoms with Crippen LogP contribution < -0.4 is 0 Å². The molecule has 1 rings (SSSR count). The minimum Gasteiger partial charge on any atom is -0.449 e. The molecule has 1 amide bonds. The molecule has 13 heavy (non-hydrogen) atoms. The molecule has 0 unspecified atom stereocenters. The SMILES string of the molecule is CCOC(=O)N1CC(=NO)N=C1C. The second-order valence-corrected chi connectivity index (χ2v) is 2.46. The molecular weight excluding hydrogens is 174 g/mol. The number of hydrogen-bond donors (Lipinski definition) is 1. The third-order valence-corrected chi connectivity index (χ3v) is 1.58. The third kappa shape index (κ3) is 1.95. The maximum absolute atomic E-state index is 11.2. The predicted molar refractivity (Wildman–Crippen MR) is 46.1 cm³/mol. The average molecular weight is 185 g/mol. The monoisotopic (exact) mass is 185 g/mol. The number of ether oxygens (including phenoxy) is 1. The predicted octanol–water partition coefficient (Wildman–Crippen LogP) is 0.665. The molecule has 0 saturated heterocycles. The van der Waals surface area contributed by atoms with Crippen LogP contribution in [0.1, 0.15) is 13.8 Å². The molecule has 6 nitrogen and oxygen atoms in total. The van der Waals surface area contributed by atoms with Gasteiger partial charge < -0.3 is 9.94 Å². The van der Waals surface area contributed by atoms with Gasteiger partial charge in [0.25, 0.3) is 0 Å². The second-order valence-electron chi connectivity index (χ2n) is 2.46. The van der Waals surface area contributed by atoms with Crippen molar-refractivity contribution < 1.29 is 14.7 Å². The number of hydrogen-bond acceptors (Lipinski definition) is 4. The van der Waals surface area contributed by atoms with Crippen molar-refractivity contribution >= 4 is 17.8 Å². The van der Waals surface area contributed by atoms with Crippen molar-refractivity contribution in [3.05, 3.63) is 0 Å². The summed E-state index contributed by atoms with van der Waals surface area (Å²) in [6.07, 6.45) is -0.470. The zero-order valence-corrected chi connectivity index (χ0v) is 7.52. The van der Waals surface area contributed by atoms with Crippen LogP contribution in [0.4, 0.5) is 4.79 Å². The van der Waals surface area contributed by atoms with Crippen LogP contribution in [0.5, 0.6) is 0 Å². The molecule has 0 aromatic rings. The fraction of sp³-hybridized carbons (Fsp3) is 0.571. The summed E-state index contributed by atoms with van der Waals surface area (Å²) in [5, 5.41) is 11.3. The van der Waals surface area contributed by atoms with Crippen LogP contribution in [0.15, 0.2) is 10.1 Å². The molecule has 1 heterocycles. The number of amidine groups is 2. The molecule has 0 saturated carbocycles. The highest BCUT2D eigenvalue weighted by Gasteiger charge is 2.25. The lowest BCUT2D eigenvalue weighted by molar-refractivity contribution is 0.132. The number of carbonyl (C=O) groups excluding carboxylic acids is 1. The van der Waals surface area contributed by atoms with Crippen LogP contribution in [-0.4, -0.2) is 41.0 Å². The first-order valence-electron chi connectivity index (χ1n) is 3.89. The number of rotatable bonds is 1. The van der Waals surface area contributed by atoms with E-state index in [2.05, 4.69) is 10.1 Å². The molecule has 0 spiro atoms. The summed E-state index contributed by atoms with van der Waals surface area (Å²) >= 11 is 0. The van der Waals surface area contributed by atoms with Crippen LogP contribution >= 0.6 is 0 Å². The molecule has 72 valence electrons. The molecular formula is C7H11N3O3. The number of carbonyl (C=O) groups is 1. The Bertz CT molecular complexity index is 272. The van der Waals surface area contributed by atoms with Crippen molar-refractivity contribution in [2.75, 3.05) is 13.2 Å². The number of aliphatic imine (C=N–C) groups is 1. The summed E-state index contributed by atoms with van der Waals surface area (Å²) in [7, 11) is 0. The minimum absolute atomic E-state index is 0.168. The molecule has 0 aromatic heterocycles. The highest BCUT2D eigenvalue weighted by Crippen LogP contribution is 2.05. The van der Waals surface area contributed by atoms with E-state index >= 15 is 0 Å². The van der Waals surface area contributed by atoms with E-state index < -0.39 is 6.09 Å². The molecule has 1 N–H and O–H groups in total. The van der Waals surface area contributed by atoms with Gasteiger partial charge in [0.1, 0.15) is 5.84 Å². The Kier molecular flexibility index (Phi) is 2.84. The quantitative estimate of drug-likeness (QED) is 0.481. The molecule has 0 aliphatic carbocycles. The summed E-state index contributed by atoms with van der Waals surface area (Å²) in [5.41, 5.74) is 0. The Balaban J connectivity index is 2.66. The maximum Gasteiger partial charge on any atom is 0.415 e. The van der Waals surface area contributed by atoms with Crippen LogP contribution in [0, 0.1) is 0 Å². The van der Waals surface area contributed by atoms with E-state index in [0.29, 0.717) is 12.4 Å². The van der Waals surface area contributed by atoms with E-state index in [1.807, 2.05) is 0 Å². The fourth-order valence-corrected chi connectivity index (χ4v) is 0.990.